The van der Waals surface area contributed by atoms with Gasteiger partial charge in [-0.2, -0.15) is 0 Å². The first-order valence-corrected chi connectivity index (χ1v) is 8.44. The average molecular weight is 464 g/mol. The molecule has 2 aromatic rings. The first-order chi connectivity index (χ1) is 10.0. The van der Waals surface area contributed by atoms with Crippen LogP contribution in [0.25, 0.3) is 11.4 Å². The Morgan fingerprint density at radius 3 is 2.86 bits per heavy atom. The van der Waals surface area contributed by atoms with Crippen molar-refractivity contribution in [2.45, 2.75) is 25.8 Å². The SMILES string of the molecule is Cc1ccc(Br)cc1-c1nc(C2OC2N)c(I)n1CCO. The van der Waals surface area contributed by atoms with Crippen molar-refractivity contribution in [3.05, 3.63) is 37.6 Å². The fourth-order valence-corrected chi connectivity index (χ4v) is 3.58. The van der Waals surface area contributed by atoms with Gasteiger partial charge in [-0.3, -0.25) is 0 Å². The minimum absolute atomic E-state index is 0.0590. The fourth-order valence-electron chi connectivity index (χ4n) is 2.32. The van der Waals surface area contributed by atoms with E-state index in [4.69, 9.17) is 15.5 Å². The summed E-state index contributed by atoms with van der Waals surface area (Å²) in [7, 11) is 0. The van der Waals surface area contributed by atoms with E-state index in [1.165, 1.54) is 0 Å². The Labute approximate surface area is 144 Å². The van der Waals surface area contributed by atoms with Gasteiger partial charge >= 0.3 is 0 Å². The molecule has 0 amide bonds. The van der Waals surface area contributed by atoms with Crippen molar-refractivity contribution >= 4 is 38.5 Å². The molecule has 2 atom stereocenters. The number of nitrogens with two attached hydrogens (primary N) is 1. The number of epoxide rings is 1. The maximum Gasteiger partial charge on any atom is 0.143 e. The summed E-state index contributed by atoms with van der Waals surface area (Å²) in [6, 6.07) is 6.09. The van der Waals surface area contributed by atoms with Crippen LogP contribution in [-0.2, 0) is 11.3 Å². The first kappa shape index (κ1) is 15.4. The fraction of sp³-hybridized carbons (Fsp3) is 0.357. The molecule has 0 spiro atoms. The van der Waals surface area contributed by atoms with E-state index in [1.54, 1.807) is 0 Å². The lowest BCUT2D eigenvalue weighted by atomic mass is 10.1. The Balaban J connectivity index is 2.14. The van der Waals surface area contributed by atoms with E-state index in [2.05, 4.69) is 38.5 Å². The Morgan fingerprint density at radius 1 is 1.52 bits per heavy atom. The van der Waals surface area contributed by atoms with Crippen molar-refractivity contribution in [3.63, 3.8) is 0 Å². The van der Waals surface area contributed by atoms with Gasteiger partial charge in [0.2, 0.25) is 0 Å². The second-order valence-electron chi connectivity index (χ2n) is 4.97. The Kier molecular flexibility index (Phi) is 4.37. The molecule has 7 heteroatoms. The third kappa shape index (κ3) is 2.89. The van der Waals surface area contributed by atoms with Gasteiger partial charge in [0, 0.05) is 16.6 Å². The van der Waals surface area contributed by atoms with E-state index in [1.807, 2.05) is 29.7 Å². The normalized spacial score (nSPS) is 20.8. The predicted molar refractivity (Wildman–Crippen MR) is 91.7 cm³/mol. The van der Waals surface area contributed by atoms with Crippen LogP contribution in [0.5, 0.6) is 0 Å². The quantitative estimate of drug-likeness (QED) is 0.539. The van der Waals surface area contributed by atoms with Crippen LogP contribution in [0.15, 0.2) is 22.7 Å². The van der Waals surface area contributed by atoms with E-state index in [9.17, 15) is 5.11 Å². The van der Waals surface area contributed by atoms with Crippen LogP contribution >= 0.6 is 38.5 Å². The van der Waals surface area contributed by atoms with Gasteiger partial charge < -0.3 is 20.1 Å². The number of ether oxygens (including phenoxy) is 1. The number of imidazole rings is 1. The maximum absolute atomic E-state index is 9.34. The molecule has 1 aliphatic rings. The number of nitrogens with zero attached hydrogens (tertiary/aromatic N) is 2. The molecule has 0 saturated carbocycles. The van der Waals surface area contributed by atoms with Gasteiger partial charge in [0.05, 0.1) is 6.61 Å². The third-order valence-corrected chi connectivity index (χ3v) is 5.12. The zero-order chi connectivity index (χ0) is 15.1. The highest BCUT2D eigenvalue weighted by Crippen LogP contribution is 2.39. The summed E-state index contributed by atoms with van der Waals surface area (Å²) in [6.07, 6.45) is -0.407. The zero-order valence-electron chi connectivity index (χ0n) is 11.4. The average Bonchev–Trinajstić information content (AvgIpc) is 3.08. The highest BCUT2D eigenvalue weighted by atomic mass is 127. The van der Waals surface area contributed by atoms with E-state index < -0.39 is 0 Å². The molecule has 2 heterocycles. The van der Waals surface area contributed by atoms with Crippen LogP contribution < -0.4 is 5.73 Å². The smallest absolute Gasteiger partial charge is 0.143 e. The highest BCUT2D eigenvalue weighted by Gasteiger charge is 2.41. The molecule has 3 N–H and O–H groups in total. The maximum atomic E-state index is 9.34. The largest absolute Gasteiger partial charge is 0.395 e. The van der Waals surface area contributed by atoms with Gasteiger partial charge in [0.1, 0.15) is 27.6 Å². The van der Waals surface area contributed by atoms with Gasteiger partial charge in [-0.25, -0.2) is 4.98 Å². The lowest BCUT2D eigenvalue weighted by molar-refractivity contribution is 0.275. The Bertz CT molecular complexity index is 689. The molecular formula is C14H15BrIN3O2. The second-order valence-corrected chi connectivity index (χ2v) is 6.90. The number of hydrogen-bond donors (Lipinski definition) is 2. The molecular weight excluding hydrogens is 449 g/mol. The van der Waals surface area contributed by atoms with E-state index in [0.29, 0.717) is 6.54 Å². The summed E-state index contributed by atoms with van der Waals surface area (Å²) < 4.78 is 9.32. The lowest BCUT2D eigenvalue weighted by Gasteiger charge is -2.10. The number of aryl methyl sites for hydroxylation is 1. The molecule has 3 rings (SSSR count). The Morgan fingerprint density at radius 2 is 2.24 bits per heavy atom. The van der Waals surface area contributed by atoms with Crippen LogP contribution in [0.3, 0.4) is 0 Å². The molecule has 1 aliphatic heterocycles. The van der Waals surface area contributed by atoms with E-state index in [0.717, 1.165) is 30.8 Å². The van der Waals surface area contributed by atoms with Crippen LogP contribution in [0, 0.1) is 10.6 Å². The van der Waals surface area contributed by atoms with Gasteiger partial charge in [0.15, 0.2) is 0 Å². The van der Waals surface area contributed by atoms with Crippen molar-refractivity contribution in [3.8, 4) is 11.4 Å². The number of hydrogen-bond acceptors (Lipinski definition) is 4. The van der Waals surface area contributed by atoms with Crippen molar-refractivity contribution in [1.29, 1.82) is 0 Å². The number of aliphatic hydroxyl groups is 1. The molecule has 0 aliphatic carbocycles. The van der Waals surface area contributed by atoms with Crippen LogP contribution in [0.4, 0.5) is 0 Å². The van der Waals surface area contributed by atoms with Crippen LogP contribution in [-0.4, -0.2) is 27.5 Å². The standard InChI is InChI=1S/C14H15BrIN3O2/c1-7-2-3-8(15)6-9(7)14-18-10(11-13(17)21-11)12(16)19(14)4-5-20/h2-3,6,11,13,20H,4-5,17H2,1H3. The Hall–Kier alpha value is -0.480. The number of benzene rings is 1. The molecule has 1 fully saturated rings. The van der Waals surface area contributed by atoms with Gasteiger partial charge in [-0.15, -0.1) is 0 Å². The number of aliphatic hydroxyl groups excluding tert-OH is 1. The van der Waals surface area contributed by atoms with Crippen molar-refractivity contribution in [2.24, 2.45) is 5.73 Å². The predicted octanol–water partition coefficient (Wildman–Crippen LogP) is 2.57. The van der Waals surface area contributed by atoms with Crippen molar-refractivity contribution in [2.75, 3.05) is 6.61 Å². The summed E-state index contributed by atoms with van der Waals surface area (Å²) in [5.41, 5.74) is 8.78. The summed E-state index contributed by atoms with van der Waals surface area (Å²) in [5, 5.41) is 9.34. The van der Waals surface area contributed by atoms with Gasteiger partial charge in [-0.1, -0.05) is 22.0 Å². The number of aromatic nitrogens is 2. The molecule has 21 heavy (non-hydrogen) atoms. The molecule has 0 bridgehead atoms. The van der Waals surface area contributed by atoms with Crippen molar-refractivity contribution < 1.29 is 9.84 Å². The molecule has 1 saturated heterocycles. The molecule has 112 valence electrons. The molecule has 1 aromatic carbocycles. The minimum atomic E-state index is -0.271. The summed E-state index contributed by atoms with van der Waals surface area (Å²) in [5.74, 6) is 0.838. The lowest BCUT2D eigenvalue weighted by Crippen LogP contribution is -2.07. The molecule has 1 aromatic heterocycles. The third-order valence-electron chi connectivity index (χ3n) is 3.49. The van der Waals surface area contributed by atoms with Crippen molar-refractivity contribution in [1.82, 2.24) is 9.55 Å². The zero-order valence-corrected chi connectivity index (χ0v) is 15.1. The number of halogens is 2. The topological polar surface area (TPSA) is 76.6 Å². The molecule has 2 unspecified atom stereocenters. The summed E-state index contributed by atoms with van der Waals surface area (Å²) in [6.45, 7) is 2.60. The second kappa shape index (κ2) is 5.96. The van der Waals surface area contributed by atoms with Crippen LogP contribution in [0.2, 0.25) is 0 Å². The monoisotopic (exact) mass is 463 g/mol. The molecule has 5 nitrogen and oxygen atoms in total. The molecule has 0 radical (unpaired) electrons. The van der Waals surface area contributed by atoms with E-state index >= 15 is 0 Å². The number of rotatable bonds is 4. The minimum Gasteiger partial charge on any atom is -0.395 e. The van der Waals surface area contributed by atoms with Gasteiger partial charge in [-0.05, 0) is 47.2 Å². The summed E-state index contributed by atoms with van der Waals surface area (Å²) >= 11 is 5.74. The summed E-state index contributed by atoms with van der Waals surface area (Å²) in [4.78, 5) is 4.73. The van der Waals surface area contributed by atoms with E-state index in [-0.39, 0.29) is 18.9 Å². The highest BCUT2D eigenvalue weighted by molar-refractivity contribution is 14.1. The van der Waals surface area contributed by atoms with Gasteiger partial charge in [0.25, 0.3) is 0 Å². The first-order valence-electron chi connectivity index (χ1n) is 6.57. The van der Waals surface area contributed by atoms with Crippen LogP contribution in [0.1, 0.15) is 17.4 Å².